The SMILES string of the molecule is COC1O[C@@H](C)C(O)C(O)[C@@H]1O. The van der Waals surface area contributed by atoms with Crippen LogP contribution in [0.15, 0.2) is 0 Å². The van der Waals surface area contributed by atoms with Gasteiger partial charge in [0.1, 0.15) is 18.3 Å². The van der Waals surface area contributed by atoms with Gasteiger partial charge in [0.05, 0.1) is 6.10 Å². The largest absolute Gasteiger partial charge is 0.388 e. The Bertz CT molecular complexity index is 146. The van der Waals surface area contributed by atoms with Gasteiger partial charge >= 0.3 is 0 Å². The number of ether oxygens (including phenoxy) is 2. The van der Waals surface area contributed by atoms with E-state index < -0.39 is 30.7 Å². The van der Waals surface area contributed by atoms with Crippen LogP contribution < -0.4 is 0 Å². The van der Waals surface area contributed by atoms with E-state index in [1.54, 1.807) is 6.92 Å². The Hall–Kier alpha value is -0.200. The van der Waals surface area contributed by atoms with Crippen LogP contribution in [-0.4, -0.2) is 53.1 Å². The molecular formula is C7H14O5. The van der Waals surface area contributed by atoms with Crippen LogP contribution in [0.25, 0.3) is 0 Å². The van der Waals surface area contributed by atoms with Gasteiger partial charge in [-0.05, 0) is 6.92 Å². The first kappa shape index (κ1) is 9.88. The molecule has 0 amide bonds. The molecule has 72 valence electrons. The molecule has 1 rings (SSSR count). The van der Waals surface area contributed by atoms with E-state index in [9.17, 15) is 15.3 Å². The van der Waals surface area contributed by atoms with Crippen molar-refractivity contribution in [3.63, 3.8) is 0 Å². The molecule has 0 aliphatic carbocycles. The smallest absolute Gasteiger partial charge is 0.186 e. The Balaban J connectivity index is 2.63. The first-order chi connectivity index (χ1) is 5.57. The van der Waals surface area contributed by atoms with E-state index in [0.29, 0.717) is 0 Å². The lowest BCUT2D eigenvalue weighted by Gasteiger charge is -2.38. The predicted octanol–water partition coefficient (Wildman–Crippen LogP) is -1.54. The minimum absolute atomic E-state index is 0.534. The minimum Gasteiger partial charge on any atom is -0.388 e. The minimum atomic E-state index is -1.21. The predicted molar refractivity (Wildman–Crippen MR) is 39.4 cm³/mol. The molecule has 5 atom stereocenters. The van der Waals surface area contributed by atoms with Crippen molar-refractivity contribution in [1.29, 1.82) is 0 Å². The van der Waals surface area contributed by atoms with E-state index in [2.05, 4.69) is 0 Å². The van der Waals surface area contributed by atoms with Crippen molar-refractivity contribution in [2.24, 2.45) is 0 Å². The number of hydrogen-bond acceptors (Lipinski definition) is 5. The van der Waals surface area contributed by atoms with Gasteiger partial charge < -0.3 is 24.8 Å². The summed E-state index contributed by atoms with van der Waals surface area (Å²) in [5.74, 6) is 0. The van der Waals surface area contributed by atoms with E-state index in [-0.39, 0.29) is 0 Å². The van der Waals surface area contributed by atoms with Crippen molar-refractivity contribution >= 4 is 0 Å². The van der Waals surface area contributed by atoms with E-state index in [1.807, 2.05) is 0 Å². The highest BCUT2D eigenvalue weighted by Crippen LogP contribution is 2.20. The second-order valence-corrected chi connectivity index (χ2v) is 2.92. The molecule has 5 nitrogen and oxygen atoms in total. The number of aliphatic hydroxyl groups excluding tert-OH is 3. The van der Waals surface area contributed by atoms with Crippen molar-refractivity contribution in [2.75, 3.05) is 7.11 Å². The normalized spacial score (nSPS) is 49.2. The van der Waals surface area contributed by atoms with Crippen molar-refractivity contribution in [1.82, 2.24) is 0 Å². The van der Waals surface area contributed by atoms with Crippen LogP contribution in [0.1, 0.15) is 6.92 Å². The van der Waals surface area contributed by atoms with Gasteiger partial charge in [-0.3, -0.25) is 0 Å². The summed E-state index contributed by atoms with van der Waals surface area (Å²) in [6.45, 7) is 1.60. The van der Waals surface area contributed by atoms with Gasteiger partial charge in [-0.1, -0.05) is 0 Å². The second kappa shape index (κ2) is 3.68. The molecule has 0 spiro atoms. The zero-order chi connectivity index (χ0) is 9.30. The van der Waals surface area contributed by atoms with Gasteiger partial charge in [-0.15, -0.1) is 0 Å². The fourth-order valence-corrected chi connectivity index (χ4v) is 1.21. The summed E-state index contributed by atoms with van der Waals surface area (Å²) < 4.78 is 9.80. The van der Waals surface area contributed by atoms with Gasteiger partial charge in [0, 0.05) is 7.11 Å². The molecular weight excluding hydrogens is 164 g/mol. The first-order valence-electron chi connectivity index (χ1n) is 3.80. The van der Waals surface area contributed by atoms with Crippen LogP contribution in [0, 0.1) is 0 Å². The standard InChI is InChI=1S/C7H14O5/c1-3-4(8)5(9)6(10)7(11-2)12-3/h3-10H,1-2H3/t3-,4?,5?,6-,7?/m0/s1. The Kier molecular flexibility index (Phi) is 3.03. The highest BCUT2D eigenvalue weighted by atomic mass is 16.7. The second-order valence-electron chi connectivity index (χ2n) is 2.92. The summed E-state index contributed by atoms with van der Waals surface area (Å²) in [4.78, 5) is 0. The summed E-state index contributed by atoms with van der Waals surface area (Å²) in [6.07, 6.45) is -4.86. The lowest BCUT2D eigenvalue weighted by Crippen LogP contribution is -2.57. The fraction of sp³-hybridized carbons (Fsp3) is 1.00. The van der Waals surface area contributed by atoms with Crippen molar-refractivity contribution < 1.29 is 24.8 Å². The van der Waals surface area contributed by atoms with E-state index in [4.69, 9.17) is 9.47 Å². The number of aliphatic hydroxyl groups is 3. The van der Waals surface area contributed by atoms with Gasteiger partial charge in [0.25, 0.3) is 0 Å². The number of methoxy groups -OCH3 is 1. The van der Waals surface area contributed by atoms with E-state index >= 15 is 0 Å². The maximum atomic E-state index is 9.27. The van der Waals surface area contributed by atoms with Gasteiger partial charge in [-0.2, -0.15) is 0 Å². The molecule has 0 aromatic rings. The average Bonchev–Trinajstić information content (AvgIpc) is 2.08. The molecule has 0 aromatic carbocycles. The molecule has 1 aliphatic rings. The third-order valence-electron chi connectivity index (χ3n) is 2.04. The van der Waals surface area contributed by atoms with Crippen LogP contribution >= 0.6 is 0 Å². The Labute approximate surface area is 70.5 Å². The maximum Gasteiger partial charge on any atom is 0.186 e. The quantitative estimate of drug-likeness (QED) is 0.453. The molecule has 1 fully saturated rings. The van der Waals surface area contributed by atoms with Gasteiger partial charge in [0.15, 0.2) is 6.29 Å². The van der Waals surface area contributed by atoms with Crippen molar-refractivity contribution in [3.05, 3.63) is 0 Å². The monoisotopic (exact) mass is 178 g/mol. The molecule has 0 bridgehead atoms. The molecule has 1 heterocycles. The van der Waals surface area contributed by atoms with Crippen molar-refractivity contribution in [2.45, 2.75) is 37.6 Å². The Morgan fingerprint density at radius 2 is 1.67 bits per heavy atom. The molecule has 5 heteroatoms. The lowest BCUT2D eigenvalue weighted by atomic mass is 10.0. The van der Waals surface area contributed by atoms with Crippen LogP contribution in [0.2, 0.25) is 0 Å². The molecule has 1 saturated heterocycles. The average molecular weight is 178 g/mol. The van der Waals surface area contributed by atoms with Crippen LogP contribution in [0.3, 0.4) is 0 Å². The summed E-state index contributed by atoms with van der Waals surface area (Å²) in [6, 6.07) is 0. The van der Waals surface area contributed by atoms with Crippen LogP contribution in [0.4, 0.5) is 0 Å². The molecule has 0 aromatic heterocycles. The Morgan fingerprint density at radius 3 is 2.17 bits per heavy atom. The molecule has 12 heavy (non-hydrogen) atoms. The number of rotatable bonds is 1. The molecule has 0 saturated carbocycles. The third kappa shape index (κ3) is 1.60. The van der Waals surface area contributed by atoms with E-state index in [0.717, 1.165) is 0 Å². The zero-order valence-corrected chi connectivity index (χ0v) is 7.04. The van der Waals surface area contributed by atoms with Gasteiger partial charge in [0.2, 0.25) is 0 Å². The van der Waals surface area contributed by atoms with Gasteiger partial charge in [-0.25, -0.2) is 0 Å². The molecule has 0 radical (unpaired) electrons. The fourth-order valence-electron chi connectivity index (χ4n) is 1.21. The summed E-state index contributed by atoms with van der Waals surface area (Å²) >= 11 is 0. The third-order valence-corrected chi connectivity index (χ3v) is 2.04. The van der Waals surface area contributed by atoms with Crippen molar-refractivity contribution in [3.8, 4) is 0 Å². The molecule has 3 N–H and O–H groups in total. The lowest BCUT2D eigenvalue weighted by molar-refractivity contribution is -0.286. The maximum absolute atomic E-state index is 9.27. The highest BCUT2D eigenvalue weighted by Gasteiger charge is 2.41. The molecule has 3 unspecified atom stereocenters. The zero-order valence-electron chi connectivity index (χ0n) is 7.04. The summed E-state index contributed by atoms with van der Waals surface area (Å²) in [5, 5.41) is 27.8. The van der Waals surface area contributed by atoms with Crippen LogP contribution in [0.5, 0.6) is 0 Å². The topological polar surface area (TPSA) is 79.2 Å². The van der Waals surface area contributed by atoms with E-state index in [1.165, 1.54) is 7.11 Å². The number of hydrogen-bond donors (Lipinski definition) is 3. The van der Waals surface area contributed by atoms with Crippen LogP contribution in [-0.2, 0) is 9.47 Å². The molecule has 1 aliphatic heterocycles. The first-order valence-corrected chi connectivity index (χ1v) is 3.80. The summed E-state index contributed by atoms with van der Waals surface area (Å²) in [5.41, 5.74) is 0. The summed E-state index contributed by atoms with van der Waals surface area (Å²) in [7, 11) is 1.37. The Morgan fingerprint density at radius 1 is 1.08 bits per heavy atom. The highest BCUT2D eigenvalue weighted by molar-refractivity contribution is 4.86.